The van der Waals surface area contributed by atoms with E-state index in [9.17, 15) is 10.5 Å². The summed E-state index contributed by atoms with van der Waals surface area (Å²) in [4.78, 5) is 0. The summed E-state index contributed by atoms with van der Waals surface area (Å²) in [6.45, 7) is 0.593. The number of rotatable bonds is 4. The van der Waals surface area contributed by atoms with Gasteiger partial charge in [-0.05, 0) is 46.2 Å². The Kier molecular flexibility index (Phi) is 5.00. The SMILES string of the molecule is N#C/C(=C/c1cn(Cc2ccccc2C#N)c2ccccc12)c1ccc2ccccc2c1. The van der Waals surface area contributed by atoms with Gasteiger partial charge in [-0.25, -0.2) is 0 Å². The third-order valence-electron chi connectivity index (χ3n) is 5.78. The van der Waals surface area contributed by atoms with Crippen LogP contribution in [0, 0.1) is 22.7 Å². The third kappa shape index (κ3) is 3.54. The summed E-state index contributed by atoms with van der Waals surface area (Å²) in [5.41, 5.74) is 5.23. The molecule has 5 rings (SSSR count). The summed E-state index contributed by atoms with van der Waals surface area (Å²) in [6, 6.07) is 34.8. The van der Waals surface area contributed by atoms with Crippen molar-refractivity contribution in [3.05, 3.63) is 119 Å². The van der Waals surface area contributed by atoms with Crippen molar-refractivity contribution in [2.24, 2.45) is 0 Å². The monoisotopic (exact) mass is 409 g/mol. The van der Waals surface area contributed by atoms with Gasteiger partial charge in [0.15, 0.2) is 0 Å². The number of nitriles is 2. The van der Waals surface area contributed by atoms with Gasteiger partial charge in [0.25, 0.3) is 0 Å². The van der Waals surface area contributed by atoms with Crippen molar-refractivity contribution in [3.8, 4) is 12.1 Å². The number of aromatic nitrogens is 1. The molecule has 3 heteroatoms. The van der Waals surface area contributed by atoms with Crippen molar-refractivity contribution in [3.63, 3.8) is 0 Å². The quantitative estimate of drug-likeness (QED) is 0.307. The molecule has 0 spiro atoms. The van der Waals surface area contributed by atoms with Crippen LogP contribution >= 0.6 is 0 Å². The maximum atomic E-state index is 9.93. The van der Waals surface area contributed by atoms with E-state index in [2.05, 4.69) is 59.3 Å². The predicted octanol–water partition coefficient (Wildman–Crippen LogP) is 6.78. The van der Waals surface area contributed by atoms with Crippen LogP contribution in [-0.2, 0) is 6.54 Å². The van der Waals surface area contributed by atoms with Crippen LogP contribution in [0.3, 0.4) is 0 Å². The van der Waals surface area contributed by atoms with Crippen LogP contribution in [-0.4, -0.2) is 4.57 Å². The minimum absolute atomic E-state index is 0.593. The number of fused-ring (bicyclic) bond motifs is 2. The molecule has 4 aromatic carbocycles. The number of hydrogen-bond acceptors (Lipinski definition) is 2. The molecule has 5 aromatic rings. The van der Waals surface area contributed by atoms with Gasteiger partial charge >= 0.3 is 0 Å². The third-order valence-corrected chi connectivity index (χ3v) is 5.78. The van der Waals surface area contributed by atoms with E-state index >= 15 is 0 Å². The minimum atomic E-state index is 0.593. The molecule has 0 amide bonds. The lowest BCUT2D eigenvalue weighted by atomic mass is 10.00. The van der Waals surface area contributed by atoms with Gasteiger partial charge in [-0.3, -0.25) is 0 Å². The molecule has 0 N–H and O–H groups in total. The van der Waals surface area contributed by atoms with E-state index in [0.29, 0.717) is 17.7 Å². The Balaban J connectivity index is 1.61. The molecular formula is C29H19N3. The molecule has 0 aliphatic carbocycles. The molecule has 0 aliphatic heterocycles. The molecule has 3 nitrogen and oxygen atoms in total. The van der Waals surface area contributed by atoms with Gasteiger partial charge in [0.2, 0.25) is 0 Å². The zero-order valence-electron chi connectivity index (χ0n) is 17.4. The van der Waals surface area contributed by atoms with Crippen molar-refractivity contribution in [2.45, 2.75) is 6.54 Å². The van der Waals surface area contributed by atoms with Crippen LogP contribution in [0.5, 0.6) is 0 Å². The van der Waals surface area contributed by atoms with Crippen LogP contribution in [0.1, 0.15) is 22.3 Å². The summed E-state index contributed by atoms with van der Waals surface area (Å²) >= 11 is 0. The average Bonchev–Trinajstić information content (AvgIpc) is 3.19. The summed E-state index contributed by atoms with van der Waals surface area (Å²) in [6.07, 6.45) is 4.02. The fourth-order valence-corrected chi connectivity index (χ4v) is 4.16. The highest BCUT2D eigenvalue weighted by atomic mass is 15.0. The van der Waals surface area contributed by atoms with Crippen molar-refractivity contribution in [2.75, 3.05) is 0 Å². The van der Waals surface area contributed by atoms with Crippen LogP contribution in [0.15, 0.2) is 97.2 Å². The molecule has 150 valence electrons. The van der Waals surface area contributed by atoms with Crippen molar-refractivity contribution >= 4 is 33.3 Å². The van der Waals surface area contributed by atoms with Gasteiger partial charge in [0, 0.05) is 29.2 Å². The summed E-state index contributed by atoms with van der Waals surface area (Å²) < 4.78 is 2.15. The molecule has 0 aliphatic rings. The standard InChI is InChI=1S/C29H19N3/c30-17-24-9-3-4-10-25(24)19-32-20-27(28-11-5-6-12-29(28)32)16-26(18-31)23-14-13-21-7-1-2-8-22(21)15-23/h1-16,20H,19H2/b26-16-. The fraction of sp³-hybridized carbons (Fsp3) is 0.0345. The molecule has 0 bridgehead atoms. The van der Waals surface area contributed by atoms with Gasteiger partial charge < -0.3 is 4.57 Å². The summed E-state index contributed by atoms with van der Waals surface area (Å²) in [5.74, 6) is 0. The second kappa shape index (κ2) is 8.26. The molecular weight excluding hydrogens is 390 g/mol. The maximum absolute atomic E-state index is 9.93. The normalized spacial score (nSPS) is 11.4. The number of nitrogens with zero attached hydrogens (tertiary/aromatic N) is 3. The zero-order valence-corrected chi connectivity index (χ0v) is 17.4. The smallest absolute Gasteiger partial charge is 0.0998 e. The fourth-order valence-electron chi connectivity index (χ4n) is 4.16. The molecule has 0 saturated heterocycles. The van der Waals surface area contributed by atoms with Crippen LogP contribution < -0.4 is 0 Å². The molecule has 32 heavy (non-hydrogen) atoms. The number of para-hydroxylation sites is 1. The van der Waals surface area contributed by atoms with Gasteiger partial charge in [-0.2, -0.15) is 10.5 Å². The van der Waals surface area contributed by atoms with Crippen molar-refractivity contribution in [1.29, 1.82) is 10.5 Å². The topological polar surface area (TPSA) is 52.5 Å². The lowest BCUT2D eigenvalue weighted by Gasteiger charge is -2.07. The lowest BCUT2D eigenvalue weighted by Crippen LogP contribution is -2.00. The Hall–Kier alpha value is -4.60. The van der Waals surface area contributed by atoms with E-state index in [-0.39, 0.29) is 0 Å². The summed E-state index contributed by atoms with van der Waals surface area (Å²) in [5, 5.41) is 22.7. The molecule has 0 unspecified atom stereocenters. The first-order valence-electron chi connectivity index (χ1n) is 10.4. The second-order valence-electron chi connectivity index (χ2n) is 7.73. The van der Waals surface area contributed by atoms with Crippen molar-refractivity contribution in [1.82, 2.24) is 4.57 Å². The van der Waals surface area contributed by atoms with Crippen LogP contribution in [0.4, 0.5) is 0 Å². The largest absolute Gasteiger partial charge is 0.342 e. The van der Waals surface area contributed by atoms with Crippen molar-refractivity contribution < 1.29 is 0 Å². The Morgan fingerprint density at radius 2 is 1.56 bits per heavy atom. The highest BCUT2D eigenvalue weighted by Gasteiger charge is 2.11. The highest BCUT2D eigenvalue weighted by molar-refractivity contribution is 5.99. The van der Waals surface area contributed by atoms with Gasteiger partial charge in [-0.1, -0.05) is 72.8 Å². The van der Waals surface area contributed by atoms with Gasteiger partial charge in [0.1, 0.15) is 0 Å². The predicted molar refractivity (Wildman–Crippen MR) is 130 cm³/mol. The van der Waals surface area contributed by atoms with Gasteiger partial charge in [-0.15, -0.1) is 0 Å². The Labute approximate surface area is 186 Å². The van der Waals surface area contributed by atoms with E-state index in [4.69, 9.17) is 0 Å². The van der Waals surface area contributed by atoms with Crippen LogP contribution in [0.25, 0.3) is 33.3 Å². The lowest BCUT2D eigenvalue weighted by molar-refractivity contribution is 0.833. The molecule has 1 heterocycles. The van der Waals surface area contributed by atoms with E-state index in [1.54, 1.807) is 0 Å². The Morgan fingerprint density at radius 1 is 0.812 bits per heavy atom. The average molecular weight is 409 g/mol. The van der Waals surface area contributed by atoms with E-state index < -0.39 is 0 Å². The molecule has 1 aromatic heterocycles. The first-order valence-corrected chi connectivity index (χ1v) is 10.4. The van der Waals surface area contributed by atoms with E-state index in [0.717, 1.165) is 38.4 Å². The molecule has 0 radical (unpaired) electrons. The molecule has 0 atom stereocenters. The number of hydrogen-bond donors (Lipinski definition) is 0. The van der Waals surface area contributed by atoms with E-state index in [1.807, 2.05) is 60.7 Å². The number of allylic oxidation sites excluding steroid dienone is 1. The van der Waals surface area contributed by atoms with Crippen LogP contribution in [0.2, 0.25) is 0 Å². The van der Waals surface area contributed by atoms with Gasteiger partial charge in [0.05, 0.1) is 23.3 Å². The minimum Gasteiger partial charge on any atom is -0.342 e. The Morgan fingerprint density at radius 3 is 2.41 bits per heavy atom. The first-order chi connectivity index (χ1) is 15.8. The first kappa shape index (κ1) is 19.4. The van der Waals surface area contributed by atoms with E-state index in [1.165, 1.54) is 0 Å². The maximum Gasteiger partial charge on any atom is 0.0998 e. The second-order valence-corrected chi connectivity index (χ2v) is 7.73. The zero-order chi connectivity index (χ0) is 21.9. The molecule has 0 fully saturated rings. The molecule has 0 saturated carbocycles. The summed E-state index contributed by atoms with van der Waals surface area (Å²) in [7, 11) is 0. The highest BCUT2D eigenvalue weighted by Crippen LogP contribution is 2.28. The number of benzene rings is 4. The Bertz CT molecular complexity index is 1570.